The number of rotatable bonds is 9. The van der Waals surface area contributed by atoms with Crippen LogP contribution in [-0.2, 0) is 14.8 Å². The molecule has 2 aromatic carbocycles. The van der Waals surface area contributed by atoms with Crippen molar-refractivity contribution in [2.24, 2.45) is 0 Å². The van der Waals surface area contributed by atoms with Gasteiger partial charge in [-0.25, -0.2) is 13.4 Å². The van der Waals surface area contributed by atoms with Gasteiger partial charge in [0.1, 0.15) is 11.5 Å². The van der Waals surface area contributed by atoms with Crippen LogP contribution in [-0.4, -0.2) is 48.9 Å². The van der Waals surface area contributed by atoms with Gasteiger partial charge in [-0.15, -0.1) is 0 Å². The Balaban J connectivity index is 1.40. The Bertz CT molecular complexity index is 1710. The normalized spacial score (nSPS) is 15.7. The second kappa shape index (κ2) is 11.6. The van der Waals surface area contributed by atoms with Gasteiger partial charge in [-0.3, -0.25) is 4.40 Å². The third-order valence-corrected chi connectivity index (χ3v) is 8.97. The van der Waals surface area contributed by atoms with Crippen molar-refractivity contribution in [3.63, 3.8) is 0 Å². The topological polar surface area (TPSA) is 73.1 Å². The summed E-state index contributed by atoms with van der Waals surface area (Å²) >= 11 is 6.44. The average molecular weight is 578 g/mol. The van der Waals surface area contributed by atoms with Gasteiger partial charge < -0.3 is 9.47 Å². The number of hydrogen-bond acceptors (Lipinski definition) is 5. The number of aromatic nitrogens is 2. The molecule has 1 unspecified atom stereocenters. The SMILES string of the molecule is COC1C=CC(CN(C)S(=O)(=O)c2cccc(Oc3cccc(-c4c(C(C)C)nc5c(Cl)cccn45)c3)c2)=CC1. The van der Waals surface area contributed by atoms with Gasteiger partial charge >= 0.3 is 0 Å². The van der Waals surface area contributed by atoms with E-state index in [2.05, 4.69) is 13.8 Å². The average Bonchev–Trinajstić information content (AvgIpc) is 3.35. The Morgan fingerprint density at radius 3 is 2.55 bits per heavy atom. The maximum absolute atomic E-state index is 13.4. The lowest BCUT2D eigenvalue weighted by atomic mass is 10.0. The molecule has 0 N–H and O–H groups in total. The van der Waals surface area contributed by atoms with Crippen LogP contribution in [0.2, 0.25) is 5.02 Å². The number of hydrogen-bond donors (Lipinski definition) is 0. The van der Waals surface area contributed by atoms with Crippen LogP contribution in [0.4, 0.5) is 0 Å². The molecule has 9 heteroatoms. The van der Waals surface area contributed by atoms with Crippen LogP contribution in [0.25, 0.3) is 16.9 Å². The van der Waals surface area contributed by atoms with Crippen molar-refractivity contribution in [3.8, 4) is 22.8 Å². The Hall–Kier alpha value is -3.43. The minimum atomic E-state index is -3.74. The van der Waals surface area contributed by atoms with Gasteiger partial charge in [-0.2, -0.15) is 4.31 Å². The number of ether oxygens (including phenoxy) is 2. The summed E-state index contributed by atoms with van der Waals surface area (Å²) in [5.41, 5.74) is 4.43. The Morgan fingerprint density at radius 2 is 1.85 bits per heavy atom. The second-order valence-electron chi connectivity index (χ2n) is 10.1. The van der Waals surface area contributed by atoms with Crippen molar-refractivity contribution in [1.29, 1.82) is 0 Å². The zero-order valence-electron chi connectivity index (χ0n) is 22.9. The molecule has 0 aliphatic heterocycles. The zero-order valence-corrected chi connectivity index (χ0v) is 24.5. The third-order valence-electron chi connectivity index (χ3n) is 6.88. The summed E-state index contributed by atoms with van der Waals surface area (Å²) in [7, 11) is -0.494. The summed E-state index contributed by atoms with van der Waals surface area (Å²) in [6, 6.07) is 18.0. The van der Waals surface area contributed by atoms with Gasteiger partial charge in [0.15, 0.2) is 5.65 Å². The first-order chi connectivity index (χ1) is 19.2. The molecule has 4 aromatic rings. The molecule has 0 fully saturated rings. The summed E-state index contributed by atoms with van der Waals surface area (Å²) in [5.74, 6) is 1.18. The number of methoxy groups -OCH3 is 1. The van der Waals surface area contributed by atoms with Gasteiger partial charge in [-0.05, 0) is 54.3 Å². The van der Waals surface area contributed by atoms with Crippen molar-refractivity contribution >= 4 is 27.3 Å². The lowest BCUT2D eigenvalue weighted by molar-refractivity contribution is 0.142. The number of benzene rings is 2. The van der Waals surface area contributed by atoms with Gasteiger partial charge in [-0.1, -0.05) is 61.9 Å². The first kappa shape index (κ1) is 28.1. The fourth-order valence-electron chi connectivity index (χ4n) is 4.74. The van der Waals surface area contributed by atoms with Crippen molar-refractivity contribution in [3.05, 3.63) is 101 Å². The van der Waals surface area contributed by atoms with E-state index in [1.807, 2.05) is 65.2 Å². The lowest BCUT2D eigenvalue weighted by Gasteiger charge is -2.21. The molecule has 0 saturated heterocycles. The van der Waals surface area contributed by atoms with Gasteiger partial charge in [0, 0.05) is 38.5 Å². The Labute approximate surface area is 240 Å². The first-order valence-corrected chi connectivity index (χ1v) is 14.9. The van der Waals surface area contributed by atoms with E-state index in [0.29, 0.717) is 22.2 Å². The number of imidazole rings is 1. The molecule has 2 heterocycles. The van der Waals surface area contributed by atoms with Crippen molar-refractivity contribution in [2.45, 2.75) is 37.2 Å². The standard InChI is InChI=1S/C31H32ClN3O4S/c1-21(2)29-30(35-17-7-12-28(32)31(35)33-29)23-8-5-9-25(18-23)39-26-10-6-11-27(19-26)40(36,37)34(3)20-22-13-15-24(38-4)16-14-22/h5-15,17-19,21,24H,16,20H2,1-4H3. The smallest absolute Gasteiger partial charge is 0.243 e. The molecule has 2 aromatic heterocycles. The predicted molar refractivity (Wildman–Crippen MR) is 159 cm³/mol. The molecular weight excluding hydrogens is 546 g/mol. The van der Waals surface area contributed by atoms with Crippen molar-refractivity contribution in [2.75, 3.05) is 20.7 Å². The van der Waals surface area contributed by atoms with Crippen LogP contribution < -0.4 is 4.74 Å². The summed E-state index contributed by atoms with van der Waals surface area (Å²) in [4.78, 5) is 4.98. The minimum Gasteiger partial charge on any atom is -0.457 e. The maximum atomic E-state index is 13.4. The first-order valence-electron chi connectivity index (χ1n) is 13.1. The second-order valence-corrected chi connectivity index (χ2v) is 12.5. The number of likely N-dealkylation sites (N-methyl/N-ethyl adjacent to an activating group) is 1. The number of halogens is 1. The van der Waals surface area contributed by atoms with E-state index in [9.17, 15) is 8.42 Å². The molecular formula is C31H32ClN3O4S. The molecule has 0 spiro atoms. The Morgan fingerprint density at radius 1 is 1.10 bits per heavy atom. The molecule has 1 aliphatic rings. The minimum absolute atomic E-state index is 0.0282. The Kier molecular flexibility index (Phi) is 8.14. The summed E-state index contributed by atoms with van der Waals surface area (Å²) in [6.45, 7) is 4.46. The molecule has 0 radical (unpaired) electrons. The highest BCUT2D eigenvalue weighted by Gasteiger charge is 2.23. The largest absolute Gasteiger partial charge is 0.457 e. The van der Waals surface area contributed by atoms with Crippen LogP contribution in [0.3, 0.4) is 0 Å². The number of nitrogens with zero attached hydrogens (tertiary/aromatic N) is 3. The lowest BCUT2D eigenvalue weighted by Crippen LogP contribution is -2.29. The molecule has 7 nitrogen and oxygen atoms in total. The van der Waals surface area contributed by atoms with Crippen LogP contribution in [0.15, 0.2) is 95.6 Å². The van der Waals surface area contributed by atoms with Crippen LogP contribution >= 0.6 is 11.6 Å². The fourth-order valence-corrected chi connectivity index (χ4v) is 6.14. The summed E-state index contributed by atoms with van der Waals surface area (Å²) < 4.78 is 41.6. The molecule has 1 atom stereocenters. The van der Waals surface area contributed by atoms with E-state index >= 15 is 0 Å². The van der Waals surface area contributed by atoms with E-state index in [-0.39, 0.29) is 23.5 Å². The highest BCUT2D eigenvalue weighted by Crippen LogP contribution is 2.35. The van der Waals surface area contributed by atoms with Crippen LogP contribution in [0.5, 0.6) is 11.5 Å². The molecule has 208 valence electrons. The molecule has 40 heavy (non-hydrogen) atoms. The quantitative estimate of drug-likeness (QED) is 0.212. The number of pyridine rings is 1. The van der Waals surface area contributed by atoms with E-state index in [1.54, 1.807) is 38.4 Å². The van der Waals surface area contributed by atoms with E-state index in [4.69, 9.17) is 26.1 Å². The summed E-state index contributed by atoms with van der Waals surface area (Å²) in [5, 5.41) is 0.584. The highest BCUT2D eigenvalue weighted by atomic mass is 35.5. The number of fused-ring (bicyclic) bond motifs is 1. The van der Waals surface area contributed by atoms with Crippen LogP contribution in [0, 0.1) is 0 Å². The zero-order chi connectivity index (χ0) is 28.4. The van der Waals surface area contributed by atoms with E-state index in [0.717, 1.165) is 28.9 Å². The maximum Gasteiger partial charge on any atom is 0.243 e. The molecule has 1 aliphatic carbocycles. The molecule has 0 saturated carbocycles. The van der Waals surface area contributed by atoms with Gasteiger partial charge in [0.25, 0.3) is 0 Å². The fraction of sp³-hybridized carbons (Fsp3) is 0.258. The summed E-state index contributed by atoms with van der Waals surface area (Å²) in [6.07, 6.45) is 8.57. The molecule has 0 bridgehead atoms. The van der Waals surface area contributed by atoms with Crippen molar-refractivity contribution < 1.29 is 17.9 Å². The third kappa shape index (κ3) is 5.71. The van der Waals surface area contributed by atoms with Crippen molar-refractivity contribution in [1.82, 2.24) is 13.7 Å². The van der Waals surface area contributed by atoms with Gasteiger partial charge in [0.05, 0.1) is 27.4 Å². The van der Waals surface area contributed by atoms with Gasteiger partial charge in [0.2, 0.25) is 10.0 Å². The molecule has 0 amide bonds. The van der Waals surface area contributed by atoms with E-state index < -0.39 is 10.0 Å². The number of sulfonamides is 1. The van der Waals surface area contributed by atoms with Crippen LogP contribution in [0.1, 0.15) is 31.9 Å². The van der Waals surface area contributed by atoms with E-state index in [1.165, 1.54) is 4.31 Å². The predicted octanol–water partition coefficient (Wildman–Crippen LogP) is 7.09. The molecule has 5 rings (SSSR count). The highest BCUT2D eigenvalue weighted by molar-refractivity contribution is 7.89. The monoisotopic (exact) mass is 577 g/mol.